The lowest BCUT2D eigenvalue weighted by molar-refractivity contribution is 1.02. The zero-order valence-corrected chi connectivity index (χ0v) is 14.5. The highest BCUT2D eigenvalue weighted by molar-refractivity contribution is 5.98. The lowest BCUT2D eigenvalue weighted by Crippen LogP contribution is -2.12. The fourth-order valence-electron chi connectivity index (χ4n) is 2.67. The number of nitrogens with one attached hydrogen (secondary N) is 4. The first-order valence-corrected chi connectivity index (χ1v) is 8.06. The van der Waals surface area contributed by atoms with Crippen LogP contribution in [-0.2, 0) is 6.42 Å². The molecule has 3 aromatic rings. The maximum absolute atomic E-state index is 7.56. The molecule has 2 aromatic carbocycles. The van der Waals surface area contributed by atoms with Crippen LogP contribution < -0.4 is 16.8 Å². The minimum Gasteiger partial charge on any atom is -0.384 e. The van der Waals surface area contributed by atoms with Gasteiger partial charge in [-0.15, -0.1) is 0 Å². The Labute approximate surface area is 151 Å². The van der Waals surface area contributed by atoms with Crippen molar-refractivity contribution in [3.05, 3.63) is 71.2 Å². The van der Waals surface area contributed by atoms with E-state index >= 15 is 0 Å². The van der Waals surface area contributed by atoms with Gasteiger partial charge in [-0.2, -0.15) is 0 Å². The molecule has 1 aromatic heterocycles. The van der Waals surface area contributed by atoms with Gasteiger partial charge in [-0.3, -0.25) is 10.8 Å². The first kappa shape index (κ1) is 17.2. The number of benzene rings is 2. The van der Waals surface area contributed by atoms with Crippen LogP contribution in [0, 0.1) is 17.7 Å². The van der Waals surface area contributed by atoms with Gasteiger partial charge in [0.15, 0.2) is 0 Å². The van der Waals surface area contributed by atoms with Crippen molar-refractivity contribution in [2.75, 3.05) is 5.32 Å². The van der Waals surface area contributed by atoms with E-state index in [2.05, 4.69) is 21.9 Å². The average molecular weight is 347 g/mol. The Morgan fingerprint density at radius 3 is 2.46 bits per heavy atom. The molecule has 0 unspecified atom stereocenters. The molecule has 0 fully saturated rings. The van der Waals surface area contributed by atoms with E-state index in [1.54, 1.807) is 6.07 Å². The second-order valence-electron chi connectivity index (χ2n) is 6.18. The number of hydrogen-bond acceptors (Lipinski definition) is 4. The Balaban J connectivity index is 1.78. The van der Waals surface area contributed by atoms with Gasteiger partial charge in [0.25, 0.3) is 0 Å². The summed E-state index contributed by atoms with van der Waals surface area (Å²) in [6.45, 7) is 6.04. The zero-order chi connectivity index (χ0) is 18.8. The molecule has 0 saturated carbocycles. The van der Waals surface area contributed by atoms with Gasteiger partial charge in [-0.25, -0.2) is 4.98 Å². The summed E-state index contributed by atoms with van der Waals surface area (Å²) in [5, 5.41) is 18.3. The van der Waals surface area contributed by atoms with Crippen LogP contribution in [0.2, 0.25) is 0 Å². The van der Waals surface area contributed by atoms with Crippen molar-refractivity contribution in [1.82, 2.24) is 9.97 Å². The van der Waals surface area contributed by atoms with Crippen molar-refractivity contribution >= 4 is 28.4 Å². The van der Waals surface area contributed by atoms with Crippen molar-refractivity contribution in [2.45, 2.75) is 13.3 Å². The summed E-state index contributed by atoms with van der Waals surface area (Å²) in [4.78, 5) is 7.77. The minimum atomic E-state index is 0.0231. The van der Waals surface area contributed by atoms with Gasteiger partial charge >= 0.3 is 0 Å². The first-order chi connectivity index (χ1) is 12.3. The van der Waals surface area contributed by atoms with Crippen molar-refractivity contribution in [1.29, 1.82) is 10.8 Å². The lowest BCUT2D eigenvalue weighted by Gasteiger charge is -2.12. The molecular weight excluding hydrogens is 326 g/mol. The highest BCUT2D eigenvalue weighted by atomic mass is 14.9. The largest absolute Gasteiger partial charge is 0.384 e. The molecule has 0 aliphatic heterocycles. The van der Waals surface area contributed by atoms with Crippen molar-refractivity contribution in [3.8, 4) is 0 Å². The van der Waals surface area contributed by atoms with Crippen LogP contribution in [0.15, 0.2) is 48.7 Å². The highest BCUT2D eigenvalue weighted by Gasteiger charge is 2.08. The van der Waals surface area contributed by atoms with Gasteiger partial charge in [-0.05, 0) is 36.8 Å². The maximum atomic E-state index is 7.56. The molecule has 1 heterocycles. The molecule has 0 amide bonds. The van der Waals surface area contributed by atoms with Crippen molar-refractivity contribution < 1.29 is 0 Å². The highest BCUT2D eigenvalue weighted by Crippen LogP contribution is 2.20. The van der Waals surface area contributed by atoms with E-state index < -0.39 is 0 Å². The Hall–Kier alpha value is -3.61. The van der Waals surface area contributed by atoms with E-state index in [-0.39, 0.29) is 11.7 Å². The molecule has 3 rings (SSSR count). The standard InChI is InChI=1S/C19H21N7/c1-10-3-4-12(18(20)21)8-15(10)24-11(2)7-17-25-14-6-5-13(19(22)23)9-16(14)26-17/h3-6,8-9,24H,2,7H2,1H3,(H3,20,21)(H3,22,23)(H,25,26). The van der Waals surface area contributed by atoms with Gasteiger partial charge in [0, 0.05) is 28.9 Å². The fourth-order valence-corrected chi connectivity index (χ4v) is 2.67. The number of aromatic nitrogens is 2. The number of anilines is 1. The summed E-state index contributed by atoms with van der Waals surface area (Å²) in [7, 11) is 0. The number of rotatable bonds is 6. The lowest BCUT2D eigenvalue weighted by atomic mass is 10.1. The van der Waals surface area contributed by atoms with Crippen LogP contribution in [0.4, 0.5) is 5.69 Å². The molecule has 0 saturated heterocycles. The molecule has 0 radical (unpaired) electrons. The van der Waals surface area contributed by atoms with Crippen LogP contribution in [0.3, 0.4) is 0 Å². The summed E-state index contributed by atoms with van der Waals surface area (Å²) in [6.07, 6.45) is 0.508. The number of nitrogen functional groups attached to an aromatic ring is 2. The van der Waals surface area contributed by atoms with Gasteiger partial charge in [0.05, 0.1) is 11.0 Å². The third kappa shape index (κ3) is 3.56. The van der Waals surface area contributed by atoms with Crippen molar-refractivity contribution in [2.24, 2.45) is 11.5 Å². The number of hydrogen-bond donors (Lipinski definition) is 6. The number of nitrogens with zero attached hydrogens (tertiary/aromatic N) is 1. The number of nitrogens with two attached hydrogens (primary N) is 2. The number of H-pyrrole nitrogens is 1. The third-order valence-corrected chi connectivity index (χ3v) is 4.08. The molecule has 0 bridgehead atoms. The predicted molar refractivity (Wildman–Crippen MR) is 106 cm³/mol. The number of amidine groups is 2. The van der Waals surface area contributed by atoms with Crippen LogP contribution in [0.25, 0.3) is 11.0 Å². The topological polar surface area (TPSA) is 140 Å². The molecule has 7 heteroatoms. The van der Waals surface area contributed by atoms with Gasteiger partial charge in [0.2, 0.25) is 0 Å². The predicted octanol–water partition coefficient (Wildman–Crippen LogP) is 2.61. The van der Waals surface area contributed by atoms with Gasteiger partial charge in [-0.1, -0.05) is 18.7 Å². The summed E-state index contributed by atoms with van der Waals surface area (Å²) >= 11 is 0. The second-order valence-corrected chi connectivity index (χ2v) is 6.18. The molecule has 0 spiro atoms. The number of allylic oxidation sites excluding steroid dienone is 1. The van der Waals surface area contributed by atoms with Gasteiger partial charge < -0.3 is 21.8 Å². The quantitative estimate of drug-likeness (QED) is 0.301. The number of imidazole rings is 1. The Morgan fingerprint density at radius 1 is 1.12 bits per heavy atom. The zero-order valence-electron chi connectivity index (χ0n) is 14.5. The molecular formula is C19H21N7. The molecule has 26 heavy (non-hydrogen) atoms. The number of aromatic amines is 1. The van der Waals surface area contributed by atoms with Gasteiger partial charge in [0.1, 0.15) is 17.5 Å². The molecule has 0 aliphatic rings. The summed E-state index contributed by atoms with van der Waals surface area (Å²) in [5.41, 5.74) is 16.7. The molecule has 0 atom stereocenters. The monoisotopic (exact) mass is 347 g/mol. The van der Waals surface area contributed by atoms with E-state index in [1.807, 2.05) is 37.3 Å². The van der Waals surface area contributed by atoms with Crippen LogP contribution in [0.1, 0.15) is 22.5 Å². The minimum absolute atomic E-state index is 0.0231. The van der Waals surface area contributed by atoms with E-state index in [0.29, 0.717) is 17.5 Å². The maximum Gasteiger partial charge on any atom is 0.122 e. The average Bonchev–Trinajstić information content (AvgIpc) is 2.97. The Kier molecular flexibility index (Phi) is 4.45. The number of aryl methyl sites for hydroxylation is 1. The summed E-state index contributed by atoms with van der Waals surface area (Å²) in [6, 6.07) is 11.0. The first-order valence-electron chi connectivity index (χ1n) is 8.06. The third-order valence-electron chi connectivity index (χ3n) is 4.08. The van der Waals surface area contributed by atoms with E-state index in [4.69, 9.17) is 22.3 Å². The van der Waals surface area contributed by atoms with E-state index in [0.717, 1.165) is 33.8 Å². The molecule has 0 aliphatic carbocycles. The van der Waals surface area contributed by atoms with E-state index in [9.17, 15) is 0 Å². The van der Waals surface area contributed by atoms with Crippen LogP contribution >= 0.6 is 0 Å². The molecule has 8 N–H and O–H groups in total. The second kappa shape index (κ2) is 6.72. The Morgan fingerprint density at radius 2 is 1.77 bits per heavy atom. The summed E-state index contributed by atoms with van der Waals surface area (Å²) < 4.78 is 0. The van der Waals surface area contributed by atoms with E-state index in [1.165, 1.54) is 0 Å². The Bertz CT molecular complexity index is 1030. The number of fused-ring (bicyclic) bond motifs is 1. The van der Waals surface area contributed by atoms with Crippen LogP contribution in [-0.4, -0.2) is 21.6 Å². The van der Waals surface area contributed by atoms with Crippen molar-refractivity contribution in [3.63, 3.8) is 0 Å². The summed E-state index contributed by atoms with van der Waals surface area (Å²) in [5.74, 6) is 0.811. The normalized spacial score (nSPS) is 10.7. The molecule has 7 nitrogen and oxygen atoms in total. The fraction of sp³-hybridized carbons (Fsp3) is 0.105. The van der Waals surface area contributed by atoms with Crippen LogP contribution in [0.5, 0.6) is 0 Å². The SMILES string of the molecule is C=C(Cc1nc2ccc(C(=N)N)cc2[nH]1)Nc1cc(C(=N)N)ccc1C. The smallest absolute Gasteiger partial charge is 0.122 e. The molecule has 132 valence electrons.